The molecule has 0 radical (unpaired) electrons. The highest BCUT2D eigenvalue weighted by Gasteiger charge is 2.14. The molecule has 0 amide bonds. The first-order chi connectivity index (χ1) is 15.4. The van der Waals surface area contributed by atoms with Crippen LogP contribution in [0, 0.1) is 0 Å². The highest BCUT2D eigenvalue weighted by molar-refractivity contribution is 8.39. The summed E-state index contributed by atoms with van der Waals surface area (Å²) in [4.78, 5) is 6.83. The van der Waals surface area contributed by atoms with Crippen molar-refractivity contribution in [3.8, 4) is 5.75 Å². The minimum atomic E-state index is -0.704. The maximum Gasteiger partial charge on any atom is 0.190 e. The van der Waals surface area contributed by atoms with Crippen LogP contribution in [0.5, 0.6) is 5.75 Å². The number of hydrogen-bond acceptors (Lipinski definition) is 8. The van der Waals surface area contributed by atoms with E-state index in [0.29, 0.717) is 6.61 Å². The van der Waals surface area contributed by atoms with Gasteiger partial charge in [0.1, 0.15) is 10.8 Å². The molecule has 2 aliphatic heterocycles. The number of likely N-dealkylation sites (tertiary alicyclic amines) is 1. The van der Waals surface area contributed by atoms with E-state index in [0.717, 1.165) is 35.5 Å². The summed E-state index contributed by atoms with van der Waals surface area (Å²) in [5, 5.41) is 10.0. The van der Waals surface area contributed by atoms with Crippen LogP contribution >= 0.6 is 23.0 Å². The van der Waals surface area contributed by atoms with Crippen molar-refractivity contribution >= 4 is 33.7 Å². The Kier molecular flexibility index (Phi) is 8.63. The zero-order valence-corrected chi connectivity index (χ0v) is 19.3. The smallest absolute Gasteiger partial charge is 0.190 e. The van der Waals surface area contributed by atoms with Crippen LogP contribution in [0.1, 0.15) is 31.2 Å². The number of ether oxygens (including phenoxy) is 1. The van der Waals surface area contributed by atoms with Gasteiger partial charge in [-0.1, -0.05) is 35.7 Å². The Morgan fingerprint density at radius 3 is 2.90 bits per heavy atom. The molecule has 2 N–H and O–H groups in total. The lowest BCUT2D eigenvalue weighted by Gasteiger charge is -2.26. The second-order valence-electron chi connectivity index (χ2n) is 7.49. The molecule has 0 bridgehead atoms. The van der Waals surface area contributed by atoms with E-state index in [4.69, 9.17) is 4.74 Å². The molecule has 9 heteroatoms. The summed E-state index contributed by atoms with van der Waals surface area (Å²) in [5.41, 5.74) is 3.21. The fourth-order valence-corrected chi connectivity index (χ4v) is 5.57. The van der Waals surface area contributed by atoms with Crippen LogP contribution in [0.25, 0.3) is 0 Å². The monoisotopic (exact) mass is 458 g/mol. The number of amidine groups is 1. The van der Waals surface area contributed by atoms with Gasteiger partial charge < -0.3 is 9.46 Å². The lowest BCUT2D eigenvalue weighted by molar-refractivity contribution is 0.220. The summed E-state index contributed by atoms with van der Waals surface area (Å²) in [5.74, 6) is 0.957. The third-order valence-corrected chi connectivity index (χ3v) is 7.51. The molecule has 4 rings (SSSR count). The SMILES string of the molecule is C1=NN=C(NSc2ccccn2)[SH]1NCCCOc1cccc(CN2CCCCC2)c1. The molecule has 1 atom stereocenters. The zero-order chi connectivity index (χ0) is 21.1. The van der Waals surface area contributed by atoms with Gasteiger partial charge in [-0.25, -0.2) is 4.98 Å². The number of pyridine rings is 1. The van der Waals surface area contributed by atoms with E-state index in [2.05, 4.69) is 47.7 Å². The van der Waals surface area contributed by atoms with E-state index in [1.54, 1.807) is 6.20 Å². The summed E-state index contributed by atoms with van der Waals surface area (Å²) < 4.78 is 12.8. The fraction of sp³-hybridized carbons (Fsp3) is 0.409. The number of aromatic nitrogens is 1. The largest absolute Gasteiger partial charge is 0.494 e. The van der Waals surface area contributed by atoms with Gasteiger partial charge >= 0.3 is 0 Å². The van der Waals surface area contributed by atoms with Gasteiger partial charge in [0.05, 0.1) is 12.2 Å². The molecule has 166 valence electrons. The quantitative estimate of drug-likeness (QED) is 0.284. The molecule has 0 saturated carbocycles. The lowest BCUT2D eigenvalue weighted by Crippen LogP contribution is -2.29. The first-order valence-electron chi connectivity index (χ1n) is 10.8. The highest BCUT2D eigenvalue weighted by Crippen LogP contribution is 2.25. The first-order valence-corrected chi connectivity index (χ1v) is 13.0. The molecule has 1 aromatic carbocycles. The number of thiol groups is 1. The van der Waals surface area contributed by atoms with E-state index in [1.807, 2.05) is 29.8 Å². The van der Waals surface area contributed by atoms with Crippen LogP contribution < -0.4 is 14.2 Å². The van der Waals surface area contributed by atoms with Crippen LogP contribution in [-0.4, -0.2) is 46.8 Å². The van der Waals surface area contributed by atoms with Crippen LogP contribution in [0.2, 0.25) is 0 Å². The fourth-order valence-electron chi connectivity index (χ4n) is 3.50. The Balaban J connectivity index is 1.14. The molecule has 1 fully saturated rings. The maximum atomic E-state index is 5.99. The van der Waals surface area contributed by atoms with Gasteiger partial charge in [-0.2, -0.15) is 0 Å². The van der Waals surface area contributed by atoms with Gasteiger partial charge in [0, 0.05) is 31.2 Å². The molecule has 1 saturated heterocycles. The standard InChI is InChI=1S/C22H30N6OS2/c1-4-13-28(14-5-1)17-19-8-6-9-20(16-19)29-15-7-12-25-31-18-24-26-22(31)27-30-21-10-2-3-11-23-21/h2-3,6,8-11,16,18,25,31H,1,4-5,7,12-15,17H2,(H,26,27). The summed E-state index contributed by atoms with van der Waals surface area (Å²) in [7, 11) is 0. The predicted octanol–water partition coefficient (Wildman–Crippen LogP) is 3.95. The normalized spacial score (nSPS) is 19.9. The second kappa shape index (κ2) is 12.1. The molecular weight excluding hydrogens is 428 g/mol. The molecule has 2 aliphatic rings. The van der Waals surface area contributed by atoms with E-state index in [-0.39, 0.29) is 0 Å². The van der Waals surface area contributed by atoms with Gasteiger partial charge in [0.25, 0.3) is 0 Å². The van der Waals surface area contributed by atoms with Gasteiger partial charge in [-0.15, -0.1) is 10.2 Å². The third-order valence-electron chi connectivity index (χ3n) is 5.06. The number of nitrogens with one attached hydrogen (secondary N) is 2. The Morgan fingerprint density at radius 1 is 1.10 bits per heavy atom. The van der Waals surface area contributed by atoms with E-state index in [9.17, 15) is 0 Å². The molecule has 1 aromatic heterocycles. The third kappa shape index (κ3) is 7.24. The molecular formula is C22H30N6OS2. The number of hydrogen-bond donors (Lipinski definition) is 3. The second-order valence-corrected chi connectivity index (χ2v) is 10.0. The van der Waals surface area contributed by atoms with Crippen molar-refractivity contribution in [2.45, 2.75) is 37.3 Å². The maximum absolute atomic E-state index is 5.99. The van der Waals surface area contributed by atoms with Gasteiger partial charge in [0.2, 0.25) is 0 Å². The van der Waals surface area contributed by atoms with Gasteiger partial charge in [-0.05, 0) is 62.2 Å². The number of nitrogens with zero attached hydrogens (tertiary/aromatic N) is 4. The Morgan fingerprint density at radius 2 is 2.03 bits per heavy atom. The Bertz CT molecular complexity index is 873. The van der Waals surface area contributed by atoms with Crippen LogP contribution in [0.4, 0.5) is 0 Å². The average molecular weight is 459 g/mol. The number of rotatable bonds is 10. The molecule has 0 spiro atoms. The van der Waals surface area contributed by atoms with Crippen molar-refractivity contribution in [2.24, 2.45) is 10.2 Å². The van der Waals surface area contributed by atoms with Gasteiger partial charge in [-0.3, -0.25) is 9.62 Å². The zero-order valence-electron chi connectivity index (χ0n) is 17.6. The number of benzene rings is 1. The topological polar surface area (TPSA) is 74.1 Å². The van der Waals surface area contributed by atoms with Crippen molar-refractivity contribution in [1.29, 1.82) is 0 Å². The average Bonchev–Trinajstić information content (AvgIpc) is 3.26. The van der Waals surface area contributed by atoms with Crippen LogP contribution in [0.15, 0.2) is 63.9 Å². The summed E-state index contributed by atoms with van der Waals surface area (Å²) in [6.45, 7) is 4.98. The molecule has 3 heterocycles. The van der Waals surface area contributed by atoms with Crippen LogP contribution in [0.3, 0.4) is 0 Å². The summed E-state index contributed by atoms with van der Waals surface area (Å²) in [6, 6.07) is 14.4. The van der Waals surface area contributed by atoms with Crippen LogP contribution in [-0.2, 0) is 6.54 Å². The van der Waals surface area contributed by atoms with Crippen molar-refractivity contribution < 1.29 is 4.74 Å². The molecule has 7 nitrogen and oxygen atoms in total. The summed E-state index contributed by atoms with van der Waals surface area (Å²) >= 11 is 0.749. The van der Waals surface area contributed by atoms with Gasteiger partial charge in [0.15, 0.2) is 5.17 Å². The molecule has 2 aromatic rings. The molecule has 31 heavy (non-hydrogen) atoms. The van der Waals surface area contributed by atoms with E-state index in [1.165, 1.54) is 49.9 Å². The van der Waals surface area contributed by atoms with Crippen molar-refractivity contribution in [3.05, 3.63) is 54.2 Å². The Hall–Kier alpha value is -2.07. The van der Waals surface area contributed by atoms with E-state index >= 15 is 0 Å². The van der Waals surface area contributed by atoms with Crippen molar-refractivity contribution in [2.75, 3.05) is 26.2 Å². The molecule has 1 unspecified atom stereocenters. The molecule has 0 aliphatic carbocycles. The minimum absolute atomic E-state index is 0.684. The van der Waals surface area contributed by atoms with E-state index < -0.39 is 11.1 Å². The first kappa shape index (κ1) is 22.1. The number of piperidine rings is 1. The predicted molar refractivity (Wildman–Crippen MR) is 132 cm³/mol. The minimum Gasteiger partial charge on any atom is -0.494 e. The highest BCUT2D eigenvalue weighted by atomic mass is 32.2. The van der Waals surface area contributed by atoms with Crippen molar-refractivity contribution in [3.63, 3.8) is 0 Å². The summed E-state index contributed by atoms with van der Waals surface area (Å²) in [6.07, 6.45) is 6.71. The van der Waals surface area contributed by atoms with Crippen molar-refractivity contribution in [1.82, 2.24) is 19.3 Å². The lowest BCUT2D eigenvalue weighted by atomic mass is 10.1. The Labute approximate surface area is 191 Å².